The molecule has 2 heterocycles. The number of nitrogens with one attached hydrogen (secondary N) is 1. The Kier molecular flexibility index (Phi) is 7.36. The number of amides is 1. The summed E-state index contributed by atoms with van der Waals surface area (Å²) in [4.78, 5) is 23.0. The highest BCUT2D eigenvalue weighted by molar-refractivity contribution is 7.89. The molecule has 35 heavy (non-hydrogen) atoms. The molecule has 1 saturated heterocycles. The zero-order valence-electron chi connectivity index (χ0n) is 18.2. The van der Waals surface area contributed by atoms with E-state index >= 15 is 0 Å². The van der Waals surface area contributed by atoms with Crippen LogP contribution >= 0.6 is 11.6 Å². The van der Waals surface area contributed by atoms with Crippen LogP contribution in [0.15, 0.2) is 63.9 Å². The second-order valence-electron chi connectivity index (χ2n) is 7.42. The van der Waals surface area contributed by atoms with E-state index in [2.05, 4.69) is 5.32 Å². The fourth-order valence-electron chi connectivity index (χ4n) is 3.28. The van der Waals surface area contributed by atoms with Gasteiger partial charge in [0.1, 0.15) is 18.1 Å². The van der Waals surface area contributed by atoms with Crippen LogP contribution in [0, 0.1) is 10.1 Å². The van der Waals surface area contributed by atoms with Crippen LogP contribution in [0.1, 0.15) is 16.3 Å². The van der Waals surface area contributed by atoms with E-state index in [0.29, 0.717) is 37.8 Å². The van der Waals surface area contributed by atoms with Gasteiger partial charge in [0.2, 0.25) is 10.0 Å². The lowest BCUT2D eigenvalue weighted by Crippen LogP contribution is -2.40. The maximum Gasteiger partial charge on any atom is 0.291 e. The van der Waals surface area contributed by atoms with Crippen LogP contribution in [0.25, 0.3) is 0 Å². The molecule has 0 radical (unpaired) electrons. The topological polar surface area (TPSA) is 141 Å². The molecule has 184 valence electrons. The molecule has 0 unspecified atom stereocenters. The minimum absolute atomic E-state index is 0.00115. The Morgan fingerprint density at radius 3 is 2.51 bits per heavy atom. The molecular formula is C22H20ClN3O8S. The molecule has 13 heteroatoms. The third-order valence-corrected chi connectivity index (χ3v) is 7.33. The van der Waals surface area contributed by atoms with Crippen molar-refractivity contribution in [3.8, 4) is 5.75 Å². The largest absolute Gasteiger partial charge is 0.484 e. The highest BCUT2D eigenvalue weighted by atomic mass is 35.5. The summed E-state index contributed by atoms with van der Waals surface area (Å²) < 4.78 is 42.9. The van der Waals surface area contributed by atoms with E-state index in [1.165, 1.54) is 58.9 Å². The Balaban J connectivity index is 1.37. The van der Waals surface area contributed by atoms with Crippen LogP contribution in [-0.2, 0) is 21.4 Å². The molecule has 0 atom stereocenters. The molecule has 11 nitrogen and oxygen atoms in total. The second kappa shape index (κ2) is 10.4. The molecule has 0 saturated carbocycles. The van der Waals surface area contributed by atoms with Gasteiger partial charge in [0.25, 0.3) is 11.6 Å². The van der Waals surface area contributed by atoms with Crippen LogP contribution in [0.4, 0.5) is 11.4 Å². The average molecular weight is 522 g/mol. The van der Waals surface area contributed by atoms with Gasteiger partial charge in [-0.2, -0.15) is 4.31 Å². The first-order valence-corrected chi connectivity index (χ1v) is 12.2. The lowest BCUT2D eigenvalue weighted by Gasteiger charge is -2.26. The quantitative estimate of drug-likeness (QED) is 0.349. The SMILES string of the molecule is O=C(Nc1ccc(S(=O)(=O)N2CCOCC2)cc1)c1ccc(COc2cc([N+](=O)[O-])ccc2Cl)o1. The van der Waals surface area contributed by atoms with Gasteiger partial charge in [-0.1, -0.05) is 11.6 Å². The number of nitro groups is 1. The number of nitro benzene ring substituents is 1. The molecule has 1 N–H and O–H groups in total. The van der Waals surface area contributed by atoms with Crippen molar-refractivity contribution in [1.29, 1.82) is 0 Å². The number of carbonyl (C=O) groups is 1. The van der Waals surface area contributed by atoms with E-state index < -0.39 is 20.9 Å². The van der Waals surface area contributed by atoms with Gasteiger partial charge >= 0.3 is 0 Å². The second-order valence-corrected chi connectivity index (χ2v) is 9.77. The minimum Gasteiger partial charge on any atom is -0.484 e. The molecule has 1 aromatic heterocycles. The summed E-state index contributed by atoms with van der Waals surface area (Å²) in [7, 11) is -3.63. The highest BCUT2D eigenvalue weighted by Crippen LogP contribution is 2.29. The van der Waals surface area contributed by atoms with Crippen molar-refractivity contribution in [2.45, 2.75) is 11.5 Å². The van der Waals surface area contributed by atoms with Crippen molar-refractivity contribution in [3.05, 3.63) is 81.3 Å². The highest BCUT2D eigenvalue weighted by Gasteiger charge is 2.26. The molecule has 4 rings (SSSR count). The number of benzene rings is 2. The predicted octanol–water partition coefficient (Wildman–Crippen LogP) is 3.69. The maximum atomic E-state index is 12.7. The number of hydrogen-bond donors (Lipinski definition) is 1. The van der Waals surface area contributed by atoms with E-state index in [1.807, 2.05) is 0 Å². The first-order valence-electron chi connectivity index (χ1n) is 10.4. The lowest BCUT2D eigenvalue weighted by atomic mass is 10.3. The number of morpholine rings is 1. The lowest BCUT2D eigenvalue weighted by molar-refractivity contribution is -0.384. The number of furan rings is 1. The van der Waals surface area contributed by atoms with Crippen molar-refractivity contribution in [3.63, 3.8) is 0 Å². The molecule has 0 bridgehead atoms. The average Bonchev–Trinajstić information content (AvgIpc) is 3.33. The summed E-state index contributed by atoms with van der Waals surface area (Å²) in [6.07, 6.45) is 0. The van der Waals surface area contributed by atoms with Crippen LogP contribution in [0.5, 0.6) is 5.75 Å². The van der Waals surface area contributed by atoms with Gasteiger partial charge < -0.3 is 19.2 Å². The van der Waals surface area contributed by atoms with Crippen molar-refractivity contribution in [1.82, 2.24) is 4.31 Å². The number of non-ortho nitro benzene ring substituents is 1. The standard InChI is InChI=1S/C22H20ClN3O8S/c23-19-7-3-16(26(28)29)13-21(19)33-14-17-4-8-20(34-17)22(27)24-15-1-5-18(6-2-15)35(30,31)25-9-11-32-12-10-25/h1-8,13H,9-12,14H2,(H,24,27). The van der Waals surface area contributed by atoms with E-state index in [4.69, 9.17) is 25.5 Å². The van der Waals surface area contributed by atoms with Gasteiger partial charge in [-0.15, -0.1) is 0 Å². The normalized spacial score (nSPS) is 14.4. The summed E-state index contributed by atoms with van der Waals surface area (Å²) in [5.41, 5.74) is 0.209. The third kappa shape index (κ3) is 5.80. The molecule has 0 aliphatic carbocycles. The van der Waals surface area contributed by atoms with E-state index in [9.17, 15) is 23.3 Å². The van der Waals surface area contributed by atoms with Gasteiger partial charge in [0.15, 0.2) is 5.76 Å². The number of rotatable bonds is 8. The van der Waals surface area contributed by atoms with Gasteiger partial charge in [0, 0.05) is 24.8 Å². The maximum absolute atomic E-state index is 12.7. The summed E-state index contributed by atoms with van der Waals surface area (Å²) in [6, 6.07) is 12.6. The number of anilines is 1. The number of halogens is 1. The summed E-state index contributed by atoms with van der Waals surface area (Å²) in [5, 5.41) is 13.7. The Hall–Kier alpha value is -3.45. The fourth-order valence-corrected chi connectivity index (χ4v) is 4.86. The molecule has 1 fully saturated rings. The van der Waals surface area contributed by atoms with Crippen LogP contribution in [0.3, 0.4) is 0 Å². The van der Waals surface area contributed by atoms with Gasteiger partial charge in [0.05, 0.1) is 34.1 Å². The van der Waals surface area contributed by atoms with Crippen LogP contribution < -0.4 is 10.1 Å². The molecular weight excluding hydrogens is 502 g/mol. The Labute approximate surface area is 205 Å². The Morgan fingerprint density at radius 2 is 1.83 bits per heavy atom. The summed E-state index contributed by atoms with van der Waals surface area (Å²) in [6.45, 7) is 1.17. The summed E-state index contributed by atoms with van der Waals surface area (Å²) >= 11 is 6.01. The van der Waals surface area contributed by atoms with Gasteiger partial charge in [-0.3, -0.25) is 14.9 Å². The van der Waals surface area contributed by atoms with E-state index in [-0.39, 0.29) is 33.7 Å². The van der Waals surface area contributed by atoms with Crippen molar-refractivity contribution < 1.29 is 32.0 Å². The van der Waals surface area contributed by atoms with Crippen LogP contribution in [0.2, 0.25) is 5.02 Å². The predicted molar refractivity (Wildman–Crippen MR) is 125 cm³/mol. The Bertz CT molecular complexity index is 1330. The zero-order valence-corrected chi connectivity index (χ0v) is 19.8. The van der Waals surface area contributed by atoms with E-state index in [0.717, 1.165) is 0 Å². The molecule has 2 aromatic carbocycles. The first kappa shape index (κ1) is 24.7. The van der Waals surface area contributed by atoms with Crippen molar-refractivity contribution in [2.24, 2.45) is 0 Å². The number of nitrogens with zero attached hydrogens (tertiary/aromatic N) is 2. The summed E-state index contributed by atoms with van der Waals surface area (Å²) in [5.74, 6) is -0.146. The molecule has 1 amide bonds. The Morgan fingerprint density at radius 1 is 1.11 bits per heavy atom. The van der Waals surface area contributed by atoms with Gasteiger partial charge in [-0.05, 0) is 42.5 Å². The number of carbonyl (C=O) groups excluding carboxylic acids is 1. The molecule has 1 aliphatic heterocycles. The van der Waals surface area contributed by atoms with Crippen LogP contribution in [-0.4, -0.2) is 49.9 Å². The monoisotopic (exact) mass is 521 g/mol. The smallest absolute Gasteiger partial charge is 0.291 e. The minimum atomic E-state index is -3.63. The molecule has 3 aromatic rings. The number of hydrogen-bond acceptors (Lipinski definition) is 8. The van der Waals surface area contributed by atoms with Crippen molar-refractivity contribution in [2.75, 3.05) is 31.6 Å². The fraction of sp³-hybridized carbons (Fsp3) is 0.227. The first-order chi connectivity index (χ1) is 16.7. The molecule has 0 spiro atoms. The number of sulfonamides is 1. The third-order valence-electron chi connectivity index (χ3n) is 5.10. The van der Waals surface area contributed by atoms with E-state index in [1.54, 1.807) is 0 Å². The molecule has 1 aliphatic rings. The number of ether oxygens (including phenoxy) is 2. The van der Waals surface area contributed by atoms with Crippen molar-refractivity contribution >= 4 is 38.9 Å². The zero-order chi connectivity index (χ0) is 25.0. The van der Waals surface area contributed by atoms with Gasteiger partial charge in [-0.25, -0.2) is 8.42 Å².